The van der Waals surface area contributed by atoms with Crippen molar-refractivity contribution in [2.45, 2.75) is 6.04 Å². The minimum atomic E-state index is -0.378. The number of rotatable bonds is 6. The molecule has 1 amide bonds. The number of carbonyl (C=O) groups is 1. The maximum Gasteiger partial charge on any atom is 0.261 e. The number of aromatic nitrogens is 1. The molecule has 0 bridgehead atoms. The van der Waals surface area contributed by atoms with Crippen LogP contribution in [0.5, 0.6) is 5.75 Å². The monoisotopic (exact) mass is 428 g/mol. The Morgan fingerprint density at radius 2 is 1.89 bits per heavy atom. The van der Waals surface area contributed by atoms with Gasteiger partial charge in [-0.3, -0.25) is 9.78 Å². The molecule has 0 spiro atoms. The molecule has 0 aliphatic heterocycles. The Kier molecular flexibility index (Phi) is 6.19. The Labute approximate surface area is 165 Å². The summed E-state index contributed by atoms with van der Waals surface area (Å²) in [5, 5.41) is 0. The predicted octanol–water partition coefficient (Wildman–Crippen LogP) is 4.61. The van der Waals surface area contributed by atoms with Crippen LogP contribution in [0.25, 0.3) is 0 Å². The third-order valence-corrected chi connectivity index (χ3v) is 4.73. The lowest BCUT2D eigenvalue weighted by Crippen LogP contribution is -2.35. The number of halogens is 2. The van der Waals surface area contributed by atoms with Crippen LogP contribution < -0.4 is 4.74 Å². The SMILES string of the molecule is CN(C(=O)COc1ccc(F)cc1Br)C(c1ccccc1)c1ccccn1. The Balaban J connectivity index is 1.79. The quantitative estimate of drug-likeness (QED) is 0.575. The molecule has 0 radical (unpaired) electrons. The van der Waals surface area contributed by atoms with Crippen molar-refractivity contribution in [1.82, 2.24) is 9.88 Å². The Bertz CT molecular complexity index is 867. The highest BCUT2D eigenvalue weighted by molar-refractivity contribution is 9.10. The number of amides is 1. The number of nitrogens with zero attached hydrogens (tertiary/aromatic N) is 2. The molecule has 0 aliphatic rings. The minimum absolute atomic E-state index is 0.170. The molecule has 0 saturated heterocycles. The summed E-state index contributed by atoms with van der Waals surface area (Å²) in [5.74, 6) is -0.185. The second-order valence-corrected chi connectivity index (χ2v) is 6.79. The molecule has 138 valence electrons. The Morgan fingerprint density at radius 1 is 1.15 bits per heavy atom. The van der Waals surface area contributed by atoms with Crippen LogP contribution >= 0.6 is 15.9 Å². The van der Waals surface area contributed by atoms with Crippen LogP contribution in [-0.2, 0) is 4.79 Å². The maximum atomic E-state index is 13.2. The highest BCUT2D eigenvalue weighted by Gasteiger charge is 2.24. The topological polar surface area (TPSA) is 42.4 Å². The summed E-state index contributed by atoms with van der Waals surface area (Å²) < 4.78 is 19.2. The van der Waals surface area contributed by atoms with Crippen molar-refractivity contribution >= 4 is 21.8 Å². The van der Waals surface area contributed by atoms with Gasteiger partial charge in [0, 0.05) is 13.2 Å². The minimum Gasteiger partial charge on any atom is -0.483 e. The molecule has 6 heteroatoms. The van der Waals surface area contributed by atoms with Gasteiger partial charge in [-0.2, -0.15) is 0 Å². The van der Waals surface area contributed by atoms with Gasteiger partial charge in [0.05, 0.1) is 16.2 Å². The molecule has 27 heavy (non-hydrogen) atoms. The van der Waals surface area contributed by atoms with E-state index in [1.807, 2.05) is 48.5 Å². The molecule has 1 unspecified atom stereocenters. The fourth-order valence-corrected chi connectivity index (χ4v) is 3.21. The van der Waals surface area contributed by atoms with E-state index in [1.165, 1.54) is 18.2 Å². The van der Waals surface area contributed by atoms with E-state index in [4.69, 9.17) is 4.74 Å². The first-order chi connectivity index (χ1) is 13.1. The van der Waals surface area contributed by atoms with Crippen LogP contribution in [0.15, 0.2) is 77.4 Å². The normalized spacial score (nSPS) is 11.7. The van der Waals surface area contributed by atoms with Gasteiger partial charge >= 0.3 is 0 Å². The smallest absolute Gasteiger partial charge is 0.261 e. The third kappa shape index (κ3) is 4.71. The van der Waals surface area contributed by atoms with Crippen LogP contribution in [0.2, 0.25) is 0 Å². The van der Waals surface area contributed by atoms with E-state index in [1.54, 1.807) is 18.1 Å². The van der Waals surface area contributed by atoms with Crippen LogP contribution in [0.4, 0.5) is 4.39 Å². The van der Waals surface area contributed by atoms with Gasteiger partial charge in [-0.25, -0.2) is 4.39 Å². The van der Waals surface area contributed by atoms with E-state index in [0.29, 0.717) is 10.2 Å². The van der Waals surface area contributed by atoms with Crippen LogP contribution in [0, 0.1) is 5.82 Å². The summed E-state index contributed by atoms with van der Waals surface area (Å²) >= 11 is 3.24. The lowest BCUT2D eigenvalue weighted by atomic mass is 10.0. The summed E-state index contributed by atoms with van der Waals surface area (Å²) in [5.41, 5.74) is 1.72. The van der Waals surface area contributed by atoms with Gasteiger partial charge in [-0.05, 0) is 51.8 Å². The molecule has 1 aromatic heterocycles. The fraction of sp³-hybridized carbons (Fsp3) is 0.143. The summed E-state index contributed by atoms with van der Waals surface area (Å²) in [6.45, 7) is -0.170. The van der Waals surface area contributed by atoms with E-state index < -0.39 is 0 Å². The highest BCUT2D eigenvalue weighted by atomic mass is 79.9. The van der Waals surface area contributed by atoms with Gasteiger partial charge in [0.25, 0.3) is 5.91 Å². The van der Waals surface area contributed by atoms with Crippen molar-refractivity contribution in [3.05, 3.63) is 94.5 Å². The third-order valence-electron chi connectivity index (χ3n) is 4.11. The van der Waals surface area contributed by atoms with Gasteiger partial charge in [-0.1, -0.05) is 36.4 Å². The summed E-state index contributed by atoms with van der Waals surface area (Å²) in [6.07, 6.45) is 1.70. The number of hydrogen-bond donors (Lipinski definition) is 0. The standard InChI is InChI=1S/C21H18BrFN2O2/c1-25(20(26)14-27-19-11-10-16(23)13-17(19)22)21(15-7-3-2-4-8-15)18-9-5-6-12-24-18/h2-13,21H,14H2,1H3. The first kappa shape index (κ1) is 19.0. The number of likely N-dealkylation sites (N-methyl/N-ethyl adjacent to an activating group) is 1. The van der Waals surface area contributed by atoms with Crippen LogP contribution in [-0.4, -0.2) is 29.4 Å². The molecular formula is C21H18BrFN2O2. The largest absolute Gasteiger partial charge is 0.483 e. The van der Waals surface area contributed by atoms with E-state index in [9.17, 15) is 9.18 Å². The molecule has 0 fully saturated rings. The zero-order chi connectivity index (χ0) is 19.2. The van der Waals surface area contributed by atoms with Crippen molar-refractivity contribution in [3.63, 3.8) is 0 Å². The fourth-order valence-electron chi connectivity index (χ4n) is 2.74. The lowest BCUT2D eigenvalue weighted by Gasteiger charge is -2.28. The molecule has 3 aromatic rings. The maximum absolute atomic E-state index is 13.2. The van der Waals surface area contributed by atoms with Gasteiger partial charge in [0.2, 0.25) is 0 Å². The van der Waals surface area contributed by atoms with Crippen molar-refractivity contribution < 1.29 is 13.9 Å². The molecule has 0 N–H and O–H groups in total. The van der Waals surface area contributed by atoms with Gasteiger partial charge in [0.1, 0.15) is 11.6 Å². The predicted molar refractivity (Wildman–Crippen MR) is 105 cm³/mol. The molecule has 4 nitrogen and oxygen atoms in total. The molecule has 1 heterocycles. The molecular weight excluding hydrogens is 411 g/mol. The second-order valence-electron chi connectivity index (χ2n) is 5.94. The zero-order valence-electron chi connectivity index (χ0n) is 14.7. The van der Waals surface area contributed by atoms with Crippen LogP contribution in [0.1, 0.15) is 17.3 Å². The number of benzene rings is 2. The number of ether oxygens (including phenoxy) is 1. The first-order valence-electron chi connectivity index (χ1n) is 8.35. The van der Waals surface area contributed by atoms with Crippen molar-refractivity contribution in [2.24, 2.45) is 0 Å². The van der Waals surface area contributed by atoms with Gasteiger partial charge in [-0.15, -0.1) is 0 Å². The van der Waals surface area contributed by atoms with Gasteiger partial charge in [0.15, 0.2) is 6.61 Å². The zero-order valence-corrected chi connectivity index (χ0v) is 16.3. The van der Waals surface area contributed by atoms with Crippen LogP contribution in [0.3, 0.4) is 0 Å². The summed E-state index contributed by atoms with van der Waals surface area (Å²) in [6, 6.07) is 19.0. The van der Waals surface area contributed by atoms with E-state index >= 15 is 0 Å². The average Bonchev–Trinajstić information content (AvgIpc) is 2.69. The van der Waals surface area contributed by atoms with E-state index in [-0.39, 0.29) is 24.4 Å². The van der Waals surface area contributed by atoms with Crippen molar-refractivity contribution in [2.75, 3.05) is 13.7 Å². The summed E-state index contributed by atoms with van der Waals surface area (Å²) in [4.78, 5) is 18.8. The molecule has 2 aromatic carbocycles. The first-order valence-corrected chi connectivity index (χ1v) is 9.15. The van der Waals surface area contributed by atoms with E-state index in [0.717, 1.165) is 11.3 Å². The average molecular weight is 429 g/mol. The molecule has 3 rings (SSSR count). The Morgan fingerprint density at radius 3 is 2.56 bits per heavy atom. The van der Waals surface area contributed by atoms with Crippen molar-refractivity contribution in [1.29, 1.82) is 0 Å². The van der Waals surface area contributed by atoms with E-state index in [2.05, 4.69) is 20.9 Å². The number of pyridine rings is 1. The molecule has 0 saturated carbocycles. The number of carbonyl (C=O) groups excluding carboxylic acids is 1. The van der Waals surface area contributed by atoms with Gasteiger partial charge < -0.3 is 9.64 Å². The second kappa shape index (κ2) is 8.77. The molecule has 0 aliphatic carbocycles. The Hall–Kier alpha value is -2.73. The lowest BCUT2D eigenvalue weighted by molar-refractivity contribution is -0.133. The molecule has 1 atom stereocenters. The van der Waals surface area contributed by atoms with Crippen molar-refractivity contribution in [3.8, 4) is 5.75 Å². The number of hydrogen-bond acceptors (Lipinski definition) is 3. The highest BCUT2D eigenvalue weighted by Crippen LogP contribution is 2.28. The summed E-state index contributed by atoms with van der Waals surface area (Å²) in [7, 11) is 1.72.